The Labute approximate surface area is 111 Å². The van der Waals surface area contributed by atoms with Crippen molar-refractivity contribution in [3.05, 3.63) is 33.9 Å². The zero-order chi connectivity index (χ0) is 12.4. The fraction of sp³-hybridized carbons (Fsp3) is 0.308. The first-order chi connectivity index (χ1) is 8.15. The minimum atomic E-state index is 0.599. The first-order valence-corrected chi connectivity index (χ1v) is 6.37. The molecule has 0 unspecified atom stereocenters. The Balaban J connectivity index is 2.73. The lowest BCUT2D eigenvalue weighted by Crippen LogP contribution is -1.97. The quantitative estimate of drug-likeness (QED) is 0.885. The number of halogens is 2. The number of aryl methyl sites for hydroxylation is 1. The minimum absolute atomic E-state index is 0.599. The van der Waals surface area contributed by atoms with Gasteiger partial charge in [0.25, 0.3) is 0 Å². The standard InChI is InChI=1S/C13H14Cl2N2/c1-3-4-9-7-12(16-2)10-5-8(14)6-11(15)13(10)17-9/h5-7H,3-4H2,1-2H3,(H,16,17). The molecule has 1 N–H and O–H groups in total. The van der Waals surface area contributed by atoms with Crippen molar-refractivity contribution in [1.82, 2.24) is 4.98 Å². The third kappa shape index (κ3) is 2.48. The molecule has 0 amide bonds. The van der Waals surface area contributed by atoms with E-state index in [9.17, 15) is 0 Å². The summed E-state index contributed by atoms with van der Waals surface area (Å²) in [6.45, 7) is 2.13. The molecule has 1 heterocycles. The highest BCUT2D eigenvalue weighted by Crippen LogP contribution is 2.31. The second kappa shape index (κ2) is 5.11. The summed E-state index contributed by atoms with van der Waals surface area (Å²) >= 11 is 12.2. The Morgan fingerprint density at radius 2 is 2.00 bits per heavy atom. The lowest BCUT2D eigenvalue weighted by atomic mass is 10.1. The van der Waals surface area contributed by atoms with E-state index in [2.05, 4.69) is 23.3 Å². The molecule has 90 valence electrons. The molecule has 0 aliphatic rings. The van der Waals surface area contributed by atoms with Gasteiger partial charge in [0.15, 0.2) is 0 Å². The predicted molar refractivity (Wildman–Crippen MR) is 75.3 cm³/mol. The van der Waals surface area contributed by atoms with Gasteiger partial charge in [-0.25, -0.2) is 0 Å². The smallest absolute Gasteiger partial charge is 0.0913 e. The molecule has 0 aliphatic carbocycles. The highest BCUT2D eigenvalue weighted by Gasteiger charge is 2.09. The highest BCUT2D eigenvalue weighted by molar-refractivity contribution is 6.38. The number of pyridine rings is 1. The van der Waals surface area contributed by atoms with E-state index in [-0.39, 0.29) is 0 Å². The van der Waals surface area contributed by atoms with E-state index in [0.29, 0.717) is 10.0 Å². The summed E-state index contributed by atoms with van der Waals surface area (Å²) in [7, 11) is 1.89. The van der Waals surface area contributed by atoms with Crippen molar-refractivity contribution < 1.29 is 0 Å². The van der Waals surface area contributed by atoms with Gasteiger partial charge in [-0.1, -0.05) is 36.5 Å². The fourth-order valence-electron chi connectivity index (χ4n) is 1.90. The highest BCUT2D eigenvalue weighted by atomic mass is 35.5. The van der Waals surface area contributed by atoms with E-state index in [0.717, 1.165) is 35.1 Å². The molecule has 0 fully saturated rings. The maximum atomic E-state index is 6.19. The number of aromatic nitrogens is 1. The summed E-state index contributed by atoms with van der Waals surface area (Å²) in [6.07, 6.45) is 2.01. The van der Waals surface area contributed by atoms with Crippen LogP contribution < -0.4 is 5.32 Å². The van der Waals surface area contributed by atoms with Gasteiger partial charge in [-0.15, -0.1) is 0 Å². The van der Waals surface area contributed by atoms with Gasteiger partial charge in [0.05, 0.1) is 10.5 Å². The van der Waals surface area contributed by atoms with Crippen molar-refractivity contribution in [2.75, 3.05) is 12.4 Å². The van der Waals surface area contributed by atoms with Crippen LogP contribution in [0.25, 0.3) is 10.9 Å². The Morgan fingerprint density at radius 1 is 1.24 bits per heavy atom. The van der Waals surface area contributed by atoms with Gasteiger partial charge in [-0.05, 0) is 24.6 Å². The van der Waals surface area contributed by atoms with Crippen LogP contribution in [0.5, 0.6) is 0 Å². The molecule has 1 aromatic heterocycles. The number of anilines is 1. The Morgan fingerprint density at radius 3 is 2.65 bits per heavy atom. The molecule has 2 rings (SSSR count). The van der Waals surface area contributed by atoms with Gasteiger partial charge >= 0.3 is 0 Å². The average Bonchev–Trinajstić information content (AvgIpc) is 2.29. The fourth-order valence-corrected chi connectivity index (χ4v) is 2.43. The zero-order valence-electron chi connectivity index (χ0n) is 9.85. The van der Waals surface area contributed by atoms with Gasteiger partial charge in [0.2, 0.25) is 0 Å². The molecule has 0 spiro atoms. The molecular formula is C13H14Cl2N2. The van der Waals surface area contributed by atoms with Crippen LogP contribution in [0, 0.1) is 0 Å². The van der Waals surface area contributed by atoms with Crippen LogP contribution in [0.4, 0.5) is 5.69 Å². The number of nitrogens with one attached hydrogen (secondary N) is 1. The van der Waals surface area contributed by atoms with Crippen LogP contribution >= 0.6 is 23.2 Å². The van der Waals surface area contributed by atoms with Gasteiger partial charge in [0, 0.05) is 28.8 Å². The molecule has 0 aliphatic heterocycles. The van der Waals surface area contributed by atoms with E-state index < -0.39 is 0 Å². The molecule has 4 heteroatoms. The van der Waals surface area contributed by atoms with Crippen LogP contribution in [0.15, 0.2) is 18.2 Å². The Bertz CT molecular complexity index is 553. The summed E-state index contributed by atoms with van der Waals surface area (Å²) in [6, 6.07) is 5.67. The third-order valence-electron chi connectivity index (χ3n) is 2.66. The van der Waals surface area contributed by atoms with E-state index >= 15 is 0 Å². The van der Waals surface area contributed by atoms with Gasteiger partial charge in [-0.2, -0.15) is 0 Å². The molecule has 17 heavy (non-hydrogen) atoms. The molecule has 0 atom stereocenters. The average molecular weight is 269 g/mol. The first-order valence-electron chi connectivity index (χ1n) is 5.62. The van der Waals surface area contributed by atoms with Crippen molar-refractivity contribution in [3.63, 3.8) is 0 Å². The molecule has 0 bridgehead atoms. The molecule has 2 nitrogen and oxygen atoms in total. The number of nitrogens with zero attached hydrogens (tertiary/aromatic N) is 1. The predicted octanol–water partition coefficient (Wildman–Crippen LogP) is 4.54. The lowest BCUT2D eigenvalue weighted by molar-refractivity contribution is 0.890. The lowest BCUT2D eigenvalue weighted by Gasteiger charge is -2.10. The van der Waals surface area contributed by atoms with Crippen LogP contribution in [0.2, 0.25) is 10.0 Å². The summed E-state index contributed by atoms with van der Waals surface area (Å²) in [5.41, 5.74) is 2.88. The van der Waals surface area contributed by atoms with Crippen LogP contribution in [-0.2, 0) is 6.42 Å². The maximum Gasteiger partial charge on any atom is 0.0913 e. The van der Waals surface area contributed by atoms with Crippen LogP contribution in [0.1, 0.15) is 19.0 Å². The zero-order valence-corrected chi connectivity index (χ0v) is 11.4. The Kier molecular flexibility index (Phi) is 3.75. The summed E-state index contributed by atoms with van der Waals surface area (Å²) in [5.74, 6) is 0. The third-order valence-corrected chi connectivity index (χ3v) is 3.17. The van der Waals surface area contributed by atoms with Gasteiger partial charge in [0.1, 0.15) is 0 Å². The van der Waals surface area contributed by atoms with Crippen molar-refractivity contribution in [2.45, 2.75) is 19.8 Å². The number of benzene rings is 1. The molecular weight excluding hydrogens is 255 g/mol. The van der Waals surface area contributed by atoms with E-state index in [1.807, 2.05) is 13.1 Å². The molecule has 2 aromatic rings. The van der Waals surface area contributed by atoms with Gasteiger partial charge in [-0.3, -0.25) is 4.98 Å². The molecule has 1 aromatic carbocycles. The molecule has 0 radical (unpaired) electrons. The topological polar surface area (TPSA) is 24.9 Å². The largest absolute Gasteiger partial charge is 0.388 e. The van der Waals surface area contributed by atoms with Crippen molar-refractivity contribution in [1.29, 1.82) is 0 Å². The van der Waals surface area contributed by atoms with E-state index in [1.165, 1.54) is 0 Å². The number of hydrogen-bond acceptors (Lipinski definition) is 2. The summed E-state index contributed by atoms with van der Waals surface area (Å²) in [4.78, 5) is 4.58. The van der Waals surface area contributed by atoms with E-state index in [4.69, 9.17) is 23.2 Å². The monoisotopic (exact) mass is 268 g/mol. The molecule has 0 saturated heterocycles. The van der Waals surface area contributed by atoms with E-state index in [1.54, 1.807) is 6.07 Å². The second-order valence-electron chi connectivity index (χ2n) is 3.94. The number of hydrogen-bond donors (Lipinski definition) is 1. The number of fused-ring (bicyclic) bond motifs is 1. The van der Waals surface area contributed by atoms with Crippen LogP contribution in [0.3, 0.4) is 0 Å². The van der Waals surface area contributed by atoms with Crippen LogP contribution in [-0.4, -0.2) is 12.0 Å². The Hall–Kier alpha value is -0.990. The van der Waals surface area contributed by atoms with Crippen molar-refractivity contribution in [3.8, 4) is 0 Å². The molecule has 0 saturated carbocycles. The normalized spacial score (nSPS) is 10.8. The van der Waals surface area contributed by atoms with Crippen molar-refractivity contribution in [2.24, 2.45) is 0 Å². The number of rotatable bonds is 3. The summed E-state index contributed by atoms with van der Waals surface area (Å²) in [5, 5.41) is 5.36. The second-order valence-corrected chi connectivity index (χ2v) is 4.79. The first kappa shape index (κ1) is 12.5. The van der Waals surface area contributed by atoms with Gasteiger partial charge < -0.3 is 5.32 Å². The van der Waals surface area contributed by atoms with Crippen molar-refractivity contribution >= 4 is 39.8 Å². The summed E-state index contributed by atoms with van der Waals surface area (Å²) < 4.78 is 0. The maximum absolute atomic E-state index is 6.19. The minimum Gasteiger partial charge on any atom is -0.388 e. The SMILES string of the molecule is CCCc1cc(NC)c2cc(Cl)cc(Cl)c2n1.